The molecule has 1 fully saturated rings. The molecule has 2 aromatic heterocycles. The fraction of sp³-hybridized carbons (Fsp3) is 0.211. The van der Waals surface area contributed by atoms with Gasteiger partial charge in [0.1, 0.15) is 5.69 Å². The molecule has 0 saturated carbocycles. The standard InChI is InChI=1S/C19H17N5O/c25-19-6-3-11-24(19)23-17(18-13-20-9-10-22-18)12-14-7-8-21-16-5-2-1-4-15(14)16/h1-2,4-5,7-10,13H,3,6,11-12H2/b23-17+. The first kappa shape index (κ1) is 15.4. The highest BCUT2D eigenvalue weighted by Gasteiger charge is 2.21. The summed E-state index contributed by atoms with van der Waals surface area (Å²) < 4.78 is 0. The Morgan fingerprint density at radius 1 is 1.12 bits per heavy atom. The van der Waals surface area contributed by atoms with Crippen LogP contribution in [0.15, 0.2) is 60.2 Å². The highest BCUT2D eigenvalue weighted by molar-refractivity contribution is 6.02. The van der Waals surface area contributed by atoms with Gasteiger partial charge in [-0.25, -0.2) is 5.01 Å². The first-order valence-electron chi connectivity index (χ1n) is 8.28. The smallest absolute Gasteiger partial charge is 0.242 e. The highest BCUT2D eigenvalue weighted by atomic mass is 16.2. The summed E-state index contributed by atoms with van der Waals surface area (Å²) in [4.78, 5) is 24.9. The second-order valence-corrected chi connectivity index (χ2v) is 5.92. The van der Waals surface area contributed by atoms with Crippen LogP contribution >= 0.6 is 0 Å². The number of hydrogen-bond acceptors (Lipinski definition) is 5. The Balaban J connectivity index is 1.76. The Labute approximate surface area is 145 Å². The molecule has 0 unspecified atom stereocenters. The summed E-state index contributed by atoms with van der Waals surface area (Å²) in [6.07, 6.45) is 8.70. The van der Waals surface area contributed by atoms with Crippen LogP contribution < -0.4 is 0 Å². The number of carbonyl (C=O) groups is 1. The minimum absolute atomic E-state index is 0.0565. The molecule has 1 amide bonds. The molecule has 6 nitrogen and oxygen atoms in total. The maximum atomic E-state index is 12.0. The fourth-order valence-electron chi connectivity index (χ4n) is 3.00. The van der Waals surface area contributed by atoms with Crippen LogP contribution in [0.5, 0.6) is 0 Å². The van der Waals surface area contributed by atoms with Crippen LogP contribution in [0.25, 0.3) is 10.9 Å². The van der Waals surface area contributed by atoms with Gasteiger partial charge in [-0.2, -0.15) is 5.10 Å². The van der Waals surface area contributed by atoms with Crippen molar-refractivity contribution in [3.8, 4) is 0 Å². The normalized spacial score (nSPS) is 15.1. The molecule has 4 rings (SSSR count). The van der Waals surface area contributed by atoms with Gasteiger partial charge in [0.05, 0.1) is 17.4 Å². The number of nitrogens with zero attached hydrogens (tertiary/aromatic N) is 5. The molecule has 0 radical (unpaired) electrons. The van der Waals surface area contributed by atoms with E-state index in [1.54, 1.807) is 29.8 Å². The van der Waals surface area contributed by atoms with Gasteiger partial charge in [-0.3, -0.25) is 19.7 Å². The van der Waals surface area contributed by atoms with Crippen LogP contribution in [-0.4, -0.2) is 38.1 Å². The molecule has 3 aromatic rings. The largest absolute Gasteiger partial charge is 0.273 e. The molecule has 25 heavy (non-hydrogen) atoms. The number of aromatic nitrogens is 3. The van der Waals surface area contributed by atoms with Gasteiger partial charge >= 0.3 is 0 Å². The average molecular weight is 331 g/mol. The molecule has 1 aromatic carbocycles. The summed E-state index contributed by atoms with van der Waals surface area (Å²) in [7, 11) is 0. The zero-order valence-electron chi connectivity index (χ0n) is 13.7. The third-order valence-electron chi connectivity index (χ3n) is 4.25. The number of fused-ring (bicyclic) bond motifs is 1. The monoisotopic (exact) mass is 331 g/mol. The number of benzene rings is 1. The van der Waals surface area contributed by atoms with E-state index in [2.05, 4.69) is 20.1 Å². The van der Waals surface area contributed by atoms with Crippen molar-refractivity contribution in [1.82, 2.24) is 20.0 Å². The number of amides is 1. The predicted octanol–water partition coefficient (Wildman–Crippen LogP) is 2.59. The van der Waals surface area contributed by atoms with Gasteiger partial charge in [-0.15, -0.1) is 0 Å². The van der Waals surface area contributed by atoms with Crippen molar-refractivity contribution >= 4 is 22.5 Å². The maximum absolute atomic E-state index is 12.0. The second-order valence-electron chi connectivity index (χ2n) is 5.92. The molecule has 1 aliphatic heterocycles. The molecule has 1 aliphatic rings. The van der Waals surface area contributed by atoms with E-state index in [-0.39, 0.29) is 5.91 Å². The van der Waals surface area contributed by atoms with E-state index in [0.29, 0.717) is 25.1 Å². The molecule has 3 heterocycles. The molecule has 0 bridgehead atoms. The Morgan fingerprint density at radius 3 is 2.84 bits per heavy atom. The van der Waals surface area contributed by atoms with E-state index in [1.165, 1.54) is 0 Å². The van der Waals surface area contributed by atoms with Crippen LogP contribution in [0.3, 0.4) is 0 Å². The molecule has 0 spiro atoms. The third kappa shape index (κ3) is 3.24. The summed E-state index contributed by atoms with van der Waals surface area (Å²) in [5.41, 5.74) is 3.46. The Morgan fingerprint density at radius 2 is 2.04 bits per heavy atom. The minimum atomic E-state index is 0.0565. The minimum Gasteiger partial charge on any atom is -0.273 e. The SMILES string of the molecule is O=C1CCCN1/N=C(\Cc1ccnc2ccccc12)c1cnccn1. The molecule has 0 atom stereocenters. The van der Waals surface area contributed by atoms with E-state index in [1.807, 2.05) is 30.3 Å². The van der Waals surface area contributed by atoms with Crippen molar-refractivity contribution in [2.75, 3.05) is 6.54 Å². The maximum Gasteiger partial charge on any atom is 0.242 e. The molecule has 124 valence electrons. The van der Waals surface area contributed by atoms with E-state index in [9.17, 15) is 4.79 Å². The third-order valence-corrected chi connectivity index (χ3v) is 4.25. The number of hydrazone groups is 1. The lowest BCUT2D eigenvalue weighted by molar-refractivity contribution is -0.127. The first-order chi connectivity index (χ1) is 12.3. The summed E-state index contributed by atoms with van der Waals surface area (Å²) in [5, 5.41) is 7.23. The van der Waals surface area contributed by atoms with E-state index >= 15 is 0 Å². The predicted molar refractivity (Wildman–Crippen MR) is 95.0 cm³/mol. The van der Waals surface area contributed by atoms with Crippen molar-refractivity contribution in [2.24, 2.45) is 5.10 Å². The van der Waals surface area contributed by atoms with Gasteiger partial charge in [0.25, 0.3) is 0 Å². The van der Waals surface area contributed by atoms with Crippen LogP contribution in [-0.2, 0) is 11.2 Å². The van der Waals surface area contributed by atoms with Gasteiger partial charge in [0, 0.05) is 43.4 Å². The quantitative estimate of drug-likeness (QED) is 0.689. The van der Waals surface area contributed by atoms with Crippen molar-refractivity contribution in [3.05, 3.63) is 66.4 Å². The van der Waals surface area contributed by atoms with E-state index in [4.69, 9.17) is 0 Å². The van der Waals surface area contributed by atoms with E-state index < -0.39 is 0 Å². The van der Waals surface area contributed by atoms with Crippen molar-refractivity contribution < 1.29 is 4.79 Å². The molecule has 6 heteroatoms. The fourth-order valence-corrected chi connectivity index (χ4v) is 3.00. The van der Waals surface area contributed by atoms with Crippen LogP contribution in [0.2, 0.25) is 0 Å². The summed E-state index contributed by atoms with van der Waals surface area (Å²) in [6.45, 7) is 0.652. The Hall–Kier alpha value is -3.15. The lowest BCUT2D eigenvalue weighted by Crippen LogP contribution is -2.22. The molecule has 0 N–H and O–H groups in total. The molecule has 0 aliphatic carbocycles. The van der Waals surface area contributed by atoms with Gasteiger partial charge in [0.15, 0.2) is 0 Å². The first-order valence-corrected chi connectivity index (χ1v) is 8.28. The summed E-state index contributed by atoms with van der Waals surface area (Å²) in [5.74, 6) is 0.0565. The van der Waals surface area contributed by atoms with Crippen LogP contribution in [0.1, 0.15) is 24.1 Å². The topological polar surface area (TPSA) is 71.3 Å². The Bertz CT molecular complexity index is 933. The van der Waals surface area contributed by atoms with Gasteiger partial charge < -0.3 is 0 Å². The lowest BCUT2D eigenvalue weighted by atomic mass is 10.0. The van der Waals surface area contributed by atoms with Crippen LogP contribution in [0, 0.1) is 0 Å². The van der Waals surface area contributed by atoms with Crippen molar-refractivity contribution in [3.63, 3.8) is 0 Å². The zero-order chi connectivity index (χ0) is 17.1. The number of pyridine rings is 1. The molecular weight excluding hydrogens is 314 g/mol. The lowest BCUT2D eigenvalue weighted by Gasteiger charge is -2.13. The molecule has 1 saturated heterocycles. The Kier molecular flexibility index (Phi) is 4.16. The second kappa shape index (κ2) is 6.76. The zero-order valence-corrected chi connectivity index (χ0v) is 13.7. The summed E-state index contributed by atoms with van der Waals surface area (Å²) >= 11 is 0. The summed E-state index contributed by atoms with van der Waals surface area (Å²) in [6, 6.07) is 9.99. The van der Waals surface area contributed by atoms with Crippen molar-refractivity contribution in [2.45, 2.75) is 19.3 Å². The average Bonchev–Trinajstić information content (AvgIpc) is 3.07. The number of rotatable bonds is 4. The highest BCUT2D eigenvalue weighted by Crippen LogP contribution is 2.19. The number of para-hydroxylation sites is 1. The van der Waals surface area contributed by atoms with Crippen LogP contribution in [0.4, 0.5) is 0 Å². The number of carbonyl (C=O) groups excluding carboxylic acids is 1. The van der Waals surface area contributed by atoms with E-state index in [0.717, 1.165) is 28.6 Å². The van der Waals surface area contributed by atoms with Gasteiger partial charge in [0.2, 0.25) is 5.91 Å². The van der Waals surface area contributed by atoms with Crippen molar-refractivity contribution in [1.29, 1.82) is 0 Å². The molecular formula is C19H17N5O. The number of hydrogen-bond donors (Lipinski definition) is 0. The van der Waals surface area contributed by atoms with Gasteiger partial charge in [-0.1, -0.05) is 18.2 Å². The van der Waals surface area contributed by atoms with Gasteiger partial charge in [-0.05, 0) is 24.1 Å².